The van der Waals surface area contributed by atoms with Crippen LogP contribution in [0, 0.1) is 5.92 Å². The first-order valence-electron chi connectivity index (χ1n) is 11.3. The number of ether oxygens (including phenoxy) is 1. The Hall–Kier alpha value is -2.53. The monoisotopic (exact) mass is 407 g/mol. The molecule has 0 spiro atoms. The van der Waals surface area contributed by atoms with Gasteiger partial charge in [-0.1, -0.05) is 31.2 Å². The molecule has 1 amide bonds. The third-order valence-electron chi connectivity index (χ3n) is 6.15. The van der Waals surface area contributed by atoms with Crippen molar-refractivity contribution >= 4 is 17.3 Å². The lowest BCUT2D eigenvalue weighted by Gasteiger charge is -2.37. The smallest absolute Gasteiger partial charge is 0.224 e. The maximum absolute atomic E-state index is 11.6. The van der Waals surface area contributed by atoms with Gasteiger partial charge in [0, 0.05) is 56.6 Å². The van der Waals surface area contributed by atoms with Gasteiger partial charge in [0.05, 0.1) is 6.61 Å². The van der Waals surface area contributed by atoms with Crippen LogP contribution in [0.15, 0.2) is 48.5 Å². The van der Waals surface area contributed by atoms with Gasteiger partial charge in [-0.2, -0.15) is 0 Å². The Morgan fingerprint density at radius 1 is 1.03 bits per heavy atom. The molecule has 4 rings (SSSR count). The molecule has 2 aliphatic heterocycles. The Kier molecular flexibility index (Phi) is 6.90. The summed E-state index contributed by atoms with van der Waals surface area (Å²) >= 11 is 0. The summed E-state index contributed by atoms with van der Waals surface area (Å²) in [7, 11) is 0. The maximum Gasteiger partial charge on any atom is 0.224 e. The minimum Gasteiger partial charge on any atom is -0.494 e. The van der Waals surface area contributed by atoms with Crippen molar-refractivity contribution in [3.05, 3.63) is 54.1 Å². The van der Waals surface area contributed by atoms with Gasteiger partial charge in [0.25, 0.3) is 0 Å². The van der Waals surface area contributed by atoms with Gasteiger partial charge in [0.15, 0.2) is 0 Å². The summed E-state index contributed by atoms with van der Waals surface area (Å²) < 4.78 is 5.94. The molecule has 1 N–H and O–H groups in total. The number of para-hydroxylation sites is 1. The molecule has 0 radical (unpaired) electrons. The molecule has 0 bridgehead atoms. The molecule has 0 saturated carbocycles. The van der Waals surface area contributed by atoms with E-state index in [2.05, 4.69) is 58.4 Å². The number of anilines is 2. The molecular weight excluding hydrogens is 374 g/mol. The largest absolute Gasteiger partial charge is 0.494 e. The SMILES string of the molecule is CC(CCCOc1ccc2c(c1)NC(=O)CC2)CN1CCN(c2ccccc2)CC1. The van der Waals surface area contributed by atoms with Gasteiger partial charge in [-0.3, -0.25) is 9.69 Å². The summed E-state index contributed by atoms with van der Waals surface area (Å²) in [6.07, 6.45) is 3.61. The fourth-order valence-corrected chi connectivity index (χ4v) is 4.42. The van der Waals surface area contributed by atoms with Crippen molar-refractivity contribution in [3.63, 3.8) is 0 Å². The first-order chi connectivity index (χ1) is 14.7. The first-order valence-corrected chi connectivity index (χ1v) is 11.3. The summed E-state index contributed by atoms with van der Waals surface area (Å²) in [5.74, 6) is 1.61. The van der Waals surface area contributed by atoms with Crippen LogP contribution in [0.3, 0.4) is 0 Å². The van der Waals surface area contributed by atoms with Crippen LogP contribution in [0.1, 0.15) is 31.7 Å². The number of nitrogens with zero attached hydrogens (tertiary/aromatic N) is 2. The van der Waals surface area contributed by atoms with Crippen molar-refractivity contribution in [1.29, 1.82) is 0 Å². The molecule has 2 aliphatic rings. The zero-order chi connectivity index (χ0) is 20.8. The van der Waals surface area contributed by atoms with E-state index in [1.807, 2.05) is 12.1 Å². The molecule has 5 heteroatoms. The number of nitrogens with one attached hydrogen (secondary N) is 1. The number of fused-ring (bicyclic) bond motifs is 1. The van der Waals surface area contributed by atoms with Gasteiger partial charge >= 0.3 is 0 Å². The number of piperazine rings is 1. The molecule has 1 saturated heterocycles. The van der Waals surface area contributed by atoms with Gasteiger partial charge < -0.3 is 15.0 Å². The average Bonchev–Trinajstić information content (AvgIpc) is 2.77. The Bertz CT molecular complexity index is 832. The fourth-order valence-electron chi connectivity index (χ4n) is 4.42. The van der Waals surface area contributed by atoms with E-state index in [9.17, 15) is 4.79 Å². The van der Waals surface area contributed by atoms with Crippen molar-refractivity contribution in [1.82, 2.24) is 4.90 Å². The van der Waals surface area contributed by atoms with Crippen molar-refractivity contribution in [2.75, 3.05) is 49.5 Å². The topological polar surface area (TPSA) is 44.8 Å². The zero-order valence-corrected chi connectivity index (χ0v) is 18.0. The quantitative estimate of drug-likeness (QED) is 0.667. The van der Waals surface area contributed by atoms with Gasteiger partial charge in [-0.25, -0.2) is 0 Å². The lowest BCUT2D eigenvalue weighted by Crippen LogP contribution is -2.47. The van der Waals surface area contributed by atoms with Crippen molar-refractivity contribution < 1.29 is 9.53 Å². The predicted molar refractivity (Wildman–Crippen MR) is 122 cm³/mol. The van der Waals surface area contributed by atoms with Gasteiger partial charge in [-0.05, 0) is 48.9 Å². The van der Waals surface area contributed by atoms with Crippen LogP contribution in [0.4, 0.5) is 11.4 Å². The van der Waals surface area contributed by atoms with E-state index in [4.69, 9.17) is 4.74 Å². The van der Waals surface area contributed by atoms with E-state index >= 15 is 0 Å². The van der Waals surface area contributed by atoms with Gasteiger partial charge in [-0.15, -0.1) is 0 Å². The second-order valence-electron chi connectivity index (χ2n) is 8.59. The molecule has 30 heavy (non-hydrogen) atoms. The Morgan fingerprint density at radius 2 is 1.83 bits per heavy atom. The molecule has 0 aromatic heterocycles. The molecule has 0 aliphatic carbocycles. The summed E-state index contributed by atoms with van der Waals surface area (Å²) in [6, 6.07) is 16.8. The number of benzene rings is 2. The van der Waals surface area contributed by atoms with Crippen LogP contribution in [-0.4, -0.2) is 50.1 Å². The number of hydrogen-bond acceptors (Lipinski definition) is 4. The van der Waals surface area contributed by atoms with E-state index in [0.717, 1.165) is 63.6 Å². The van der Waals surface area contributed by atoms with E-state index in [1.54, 1.807) is 0 Å². The van der Waals surface area contributed by atoms with Crippen LogP contribution >= 0.6 is 0 Å². The Morgan fingerprint density at radius 3 is 2.63 bits per heavy atom. The minimum absolute atomic E-state index is 0.0954. The lowest BCUT2D eigenvalue weighted by molar-refractivity contribution is -0.116. The number of carbonyl (C=O) groups excluding carboxylic acids is 1. The summed E-state index contributed by atoms with van der Waals surface area (Å²) in [5.41, 5.74) is 3.44. The fraction of sp³-hybridized carbons (Fsp3) is 0.480. The highest BCUT2D eigenvalue weighted by Crippen LogP contribution is 2.27. The summed E-state index contributed by atoms with van der Waals surface area (Å²) in [5, 5.41) is 2.94. The predicted octanol–water partition coefficient (Wildman–Crippen LogP) is 4.19. The molecule has 2 heterocycles. The number of rotatable bonds is 8. The minimum atomic E-state index is 0.0954. The lowest BCUT2D eigenvalue weighted by atomic mass is 10.0. The highest BCUT2D eigenvalue weighted by Gasteiger charge is 2.19. The number of amides is 1. The molecule has 1 fully saturated rings. The van der Waals surface area contributed by atoms with E-state index in [0.29, 0.717) is 12.3 Å². The average molecular weight is 408 g/mol. The molecule has 1 unspecified atom stereocenters. The summed E-state index contributed by atoms with van der Waals surface area (Å²) in [6.45, 7) is 8.71. The van der Waals surface area contributed by atoms with Crippen molar-refractivity contribution in [2.45, 2.75) is 32.6 Å². The second-order valence-corrected chi connectivity index (χ2v) is 8.59. The van der Waals surface area contributed by atoms with E-state index < -0.39 is 0 Å². The van der Waals surface area contributed by atoms with Crippen LogP contribution in [0.25, 0.3) is 0 Å². The Balaban J connectivity index is 1.14. The molecule has 5 nitrogen and oxygen atoms in total. The van der Waals surface area contributed by atoms with Crippen molar-refractivity contribution in [3.8, 4) is 5.75 Å². The molecule has 2 aromatic carbocycles. The van der Waals surface area contributed by atoms with Gasteiger partial charge in [0.2, 0.25) is 5.91 Å². The third-order valence-corrected chi connectivity index (χ3v) is 6.15. The maximum atomic E-state index is 11.6. The highest BCUT2D eigenvalue weighted by molar-refractivity contribution is 5.94. The number of aryl methyl sites for hydroxylation is 1. The second kappa shape index (κ2) is 9.98. The molecule has 1 atom stereocenters. The molecular formula is C25H33N3O2. The molecule has 2 aromatic rings. The number of carbonyl (C=O) groups is 1. The van der Waals surface area contributed by atoms with Crippen LogP contribution in [0.2, 0.25) is 0 Å². The first kappa shape index (κ1) is 20.7. The van der Waals surface area contributed by atoms with Crippen LogP contribution in [-0.2, 0) is 11.2 Å². The highest BCUT2D eigenvalue weighted by atomic mass is 16.5. The van der Waals surface area contributed by atoms with Crippen LogP contribution in [0.5, 0.6) is 5.75 Å². The number of hydrogen-bond donors (Lipinski definition) is 1. The standard InChI is InChI=1S/C25H33N3O2/c1-20(19-27-13-15-28(16-14-27)22-7-3-2-4-8-22)6-5-17-30-23-11-9-21-10-12-25(29)26-24(21)18-23/h2-4,7-9,11,18,20H,5-6,10,12-17,19H2,1H3,(H,26,29). The van der Waals surface area contributed by atoms with Crippen LogP contribution < -0.4 is 15.0 Å². The normalized spacial score (nSPS) is 17.9. The zero-order valence-electron chi connectivity index (χ0n) is 18.0. The van der Waals surface area contributed by atoms with Gasteiger partial charge in [0.1, 0.15) is 5.75 Å². The Labute approximate surface area is 180 Å². The molecule has 160 valence electrons. The van der Waals surface area contributed by atoms with E-state index in [-0.39, 0.29) is 5.91 Å². The van der Waals surface area contributed by atoms with E-state index in [1.165, 1.54) is 17.7 Å². The summed E-state index contributed by atoms with van der Waals surface area (Å²) in [4.78, 5) is 16.6. The van der Waals surface area contributed by atoms with Crippen molar-refractivity contribution in [2.24, 2.45) is 5.92 Å². The third kappa shape index (κ3) is 5.54.